The predicted octanol–water partition coefficient (Wildman–Crippen LogP) is -0.676. The molecule has 2 amide bonds. The molecule has 0 spiro atoms. The van der Waals surface area contributed by atoms with Gasteiger partial charge in [-0.3, -0.25) is 14.5 Å². The van der Waals surface area contributed by atoms with E-state index in [9.17, 15) is 19.5 Å². The predicted molar refractivity (Wildman–Crippen MR) is 58.7 cm³/mol. The quantitative estimate of drug-likeness (QED) is 0.490. The van der Waals surface area contributed by atoms with Crippen LogP contribution >= 0.6 is 0 Å². The van der Waals surface area contributed by atoms with E-state index in [1.54, 1.807) is 0 Å². The number of nitrogens with zero attached hydrogens (tertiary/aromatic N) is 1. The second-order valence-corrected chi connectivity index (χ2v) is 5.29. The van der Waals surface area contributed by atoms with Gasteiger partial charge < -0.3 is 9.90 Å². The third kappa shape index (κ3) is 1.50. The monoisotopic (exact) mass is 248 g/mol. The molecule has 18 heavy (non-hydrogen) atoms. The van der Waals surface area contributed by atoms with E-state index in [0.717, 1.165) is 17.7 Å². The molecule has 96 valence electrons. The Morgan fingerprint density at radius 2 is 1.67 bits per heavy atom. The molecule has 5 nitrogen and oxygen atoms in total. The number of carbonyl (C=O) groups excluding carboxylic acids is 3. The molecule has 1 saturated heterocycles. The van der Waals surface area contributed by atoms with Crippen LogP contribution in [-0.2, 0) is 14.4 Å². The van der Waals surface area contributed by atoms with Crippen LogP contribution in [0, 0.1) is 23.7 Å². The van der Waals surface area contributed by atoms with Crippen molar-refractivity contribution in [2.24, 2.45) is 23.7 Å². The Bertz CT molecular complexity index is 424. The molecule has 1 saturated carbocycles. The molecule has 0 aromatic heterocycles. The van der Waals surface area contributed by atoms with Crippen LogP contribution in [0.2, 0.25) is 0 Å². The Morgan fingerprint density at radius 1 is 1.17 bits per heavy atom. The van der Waals surface area contributed by atoms with E-state index >= 15 is 0 Å². The summed E-state index contributed by atoms with van der Waals surface area (Å²) in [5, 5.41) is 10.5. The van der Waals surface area contributed by atoms with Gasteiger partial charge in [0, 0.05) is 18.9 Å². The fourth-order valence-electron chi connectivity index (χ4n) is 3.56. The lowest BCUT2D eigenvalue weighted by atomic mass is 9.63. The second kappa shape index (κ2) is 3.93. The molecule has 0 radical (unpaired) electrons. The van der Waals surface area contributed by atoms with E-state index in [4.69, 9.17) is 0 Å². The van der Waals surface area contributed by atoms with Crippen LogP contribution in [0.5, 0.6) is 0 Å². The fourth-order valence-corrected chi connectivity index (χ4v) is 3.56. The van der Waals surface area contributed by atoms with Gasteiger partial charge in [0.1, 0.15) is 0 Å². The van der Waals surface area contributed by atoms with Crippen molar-refractivity contribution in [2.45, 2.75) is 19.3 Å². The molecule has 1 heterocycles. The number of hydrogen-bond acceptors (Lipinski definition) is 4. The zero-order valence-corrected chi connectivity index (χ0v) is 9.87. The highest BCUT2D eigenvalue weighted by Gasteiger charge is 2.56. The summed E-state index contributed by atoms with van der Waals surface area (Å²) in [5.41, 5.74) is 0. The SMILES string of the molecule is O=C([O-])CCN1C(=O)[C@H]2[C@H](C1=O)[C@H]1C=C[C@H]2CC1. The van der Waals surface area contributed by atoms with E-state index < -0.39 is 5.97 Å². The minimum absolute atomic E-state index is 0.0492. The number of carboxylic acid groups (broad SMARTS) is 1. The van der Waals surface area contributed by atoms with Gasteiger partial charge in [-0.1, -0.05) is 12.2 Å². The Kier molecular flexibility index (Phi) is 2.50. The number of carboxylic acids is 1. The van der Waals surface area contributed by atoms with Gasteiger partial charge in [0.25, 0.3) is 0 Å². The third-order valence-electron chi connectivity index (χ3n) is 4.39. The van der Waals surface area contributed by atoms with E-state index in [0.29, 0.717) is 0 Å². The molecule has 2 bridgehead atoms. The number of amides is 2. The summed E-state index contributed by atoms with van der Waals surface area (Å²) in [6.45, 7) is -0.0492. The summed E-state index contributed by atoms with van der Waals surface area (Å²) < 4.78 is 0. The maximum atomic E-state index is 12.2. The molecule has 4 aliphatic rings. The van der Waals surface area contributed by atoms with Crippen LogP contribution < -0.4 is 5.11 Å². The normalized spacial score (nSPS) is 37.2. The lowest BCUT2D eigenvalue weighted by molar-refractivity contribution is -0.305. The highest BCUT2D eigenvalue weighted by atomic mass is 16.4. The Morgan fingerprint density at radius 3 is 2.06 bits per heavy atom. The molecule has 0 aromatic rings. The molecular weight excluding hydrogens is 234 g/mol. The number of rotatable bonds is 3. The molecule has 3 aliphatic carbocycles. The highest BCUT2D eigenvalue weighted by molar-refractivity contribution is 6.06. The number of aliphatic carboxylic acids is 1. The molecule has 1 aliphatic heterocycles. The highest BCUT2D eigenvalue weighted by Crippen LogP contribution is 2.49. The first-order valence-electron chi connectivity index (χ1n) is 6.33. The molecule has 0 N–H and O–H groups in total. The van der Waals surface area contributed by atoms with E-state index in [-0.39, 0.29) is 48.5 Å². The summed E-state index contributed by atoms with van der Waals surface area (Å²) in [4.78, 5) is 36.0. The maximum Gasteiger partial charge on any atom is 0.233 e. The fraction of sp³-hybridized carbons (Fsp3) is 0.615. The molecule has 4 rings (SSSR count). The van der Waals surface area contributed by atoms with Crippen molar-refractivity contribution < 1.29 is 19.5 Å². The summed E-state index contributed by atoms with van der Waals surface area (Å²) >= 11 is 0. The zero-order valence-electron chi connectivity index (χ0n) is 9.87. The van der Waals surface area contributed by atoms with Crippen molar-refractivity contribution in [3.05, 3.63) is 12.2 Å². The summed E-state index contributed by atoms with van der Waals surface area (Å²) in [5.74, 6) is -1.79. The van der Waals surface area contributed by atoms with Gasteiger partial charge in [-0.15, -0.1) is 0 Å². The van der Waals surface area contributed by atoms with Crippen LogP contribution in [0.25, 0.3) is 0 Å². The summed E-state index contributed by atoms with van der Waals surface area (Å²) in [6, 6.07) is 0. The van der Waals surface area contributed by atoms with E-state index in [2.05, 4.69) is 0 Å². The van der Waals surface area contributed by atoms with Crippen molar-refractivity contribution in [3.8, 4) is 0 Å². The molecule has 0 aromatic carbocycles. The van der Waals surface area contributed by atoms with Gasteiger partial charge in [-0.2, -0.15) is 0 Å². The first-order chi connectivity index (χ1) is 8.59. The summed E-state index contributed by atoms with van der Waals surface area (Å²) in [6.07, 6.45) is 5.72. The topological polar surface area (TPSA) is 77.5 Å². The van der Waals surface area contributed by atoms with Crippen molar-refractivity contribution in [1.29, 1.82) is 0 Å². The van der Waals surface area contributed by atoms with Crippen molar-refractivity contribution >= 4 is 17.8 Å². The van der Waals surface area contributed by atoms with E-state index in [1.807, 2.05) is 12.2 Å². The van der Waals surface area contributed by atoms with E-state index in [1.165, 1.54) is 0 Å². The standard InChI is InChI=1S/C13H15NO4/c15-9(16)5-6-14-12(17)10-7-1-2-8(4-3-7)11(10)13(14)18/h1-2,7-8,10-11H,3-6H2,(H,15,16)/p-1/t7-,8-,10+,11+/m0/s1. The number of carbonyl (C=O) groups is 3. The first kappa shape index (κ1) is 11.4. The number of imide groups is 1. The van der Waals surface area contributed by atoms with Gasteiger partial charge in [-0.05, 0) is 24.7 Å². The van der Waals surface area contributed by atoms with Crippen LogP contribution in [0.15, 0.2) is 12.2 Å². The lowest BCUT2D eigenvalue weighted by Crippen LogP contribution is -2.38. The molecule has 5 heteroatoms. The van der Waals surface area contributed by atoms with Crippen LogP contribution in [0.1, 0.15) is 19.3 Å². The Labute approximate surface area is 104 Å². The first-order valence-corrected chi connectivity index (χ1v) is 6.33. The molecular formula is C13H14NO4-. The second-order valence-electron chi connectivity index (χ2n) is 5.29. The minimum Gasteiger partial charge on any atom is -0.550 e. The van der Waals surface area contributed by atoms with Gasteiger partial charge in [0.2, 0.25) is 11.8 Å². The van der Waals surface area contributed by atoms with Gasteiger partial charge in [0.05, 0.1) is 11.8 Å². The van der Waals surface area contributed by atoms with Gasteiger partial charge in [-0.25, -0.2) is 0 Å². The minimum atomic E-state index is -1.23. The largest absolute Gasteiger partial charge is 0.550 e. The Balaban J connectivity index is 1.83. The number of hydrogen-bond donors (Lipinski definition) is 0. The lowest BCUT2D eigenvalue weighted by Gasteiger charge is -2.38. The van der Waals surface area contributed by atoms with Gasteiger partial charge in [0.15, 0.2) is 0 Å². The summed E-state index contributed by atoms with van der Waals surface area (Å²) in [7, 11) is 0. The Hall–Kier alpha value is -1.65. The van der Waals surface area contributed by atoms with Crippen molar-refractivity contribution in [3.63, 3.8) is 0 Å². The smallest absolute Gasteiger partial charge is 0.233 e. The van der Waals surface area contributed by atoms with Crippen LogP contribution in [0.3, 0.4) is 0 Å². The average molecular weight is 248 g/mol. The average Bonchev–Trinajstić information content (AvgIpc) is 2.63. The molecule has 4 atom stereocenters. The number of fused-ring (bicyclic) bond motifs is 1. The number of allylic oxidation sites excluding steroid dienone is 2. The van der Waals surface area contributed by atoms with Crippen LogP contribution in [0.4, 0.5) is 0 Å². The van der Waals surface area contributed by atoms with Crippen molar-refractivity contribution in [2.75, 3.05) is 6.54 Å². The maximum absolute atomic E-state index is 12.2. The number of likely N-dealkylation sites (tertiary alicyclic amines) is 1. The van der Waals surface area contributed by atoms with Gasteiger partial charge >= 0.3 is 0 Å². The molecule has 2 fully saturated rings. The van der Waals surface area contributed by atoms with Crippen LogP contribution in [-0.4, -0.2) is 29.2 Å². The van der Waals surface area contributed by atoms with Crippen molar-refractivity contribution in [1.82, 2.24) is 4.90 Å². The zero-order chi connectivity index (χ0) is 12.9. The third-order valence-corrected chi connectivity index (χ3v) is 4.39. The molecule has 0 unspecified atom stereocenters.